The molecule has 0 spiro atoms. The van der Waals surface area contributed by atoms with Crippen LogP contribution in [-0.4, -0.2) is 24.7 Å². The second kappa shape index (κ2) is 14.5. The normalized spacial score (nSPS) is 8.89. The smallest absolute Gasteiger partial charge is 1.00 e. The van der Waals surface area contributed by atoms with Gasteiger partial charge in [0, 0.05) is 16.3 Å². The molecule has 0 aliphatic heterocycles. The summed E-state index contributed by atoms with van der Waals surface area (Å²) in [6, 6.07) is 25.0. The molecule has 0 amide bonds. The third-order valence-corrected chi connectivity index (χ3v) is 3.82. The molecule has 0 bridgehead atoms. The fourth-order valence-corrected chi connectivity index (χ4v) is 2.95. The number of fused-ring (bicyclic) bond motifs is 6. The van der Waals surface area contributed by atoms with Gasteiger partial charge in [-0.1, -0.05) is 74.7 Å². The first-order chi connectivity index (χ1) is 11.8. The SMILES string of the molecule is CC.Cc1[c-]cc2c3ccccc3c3ccccc3c2c1.[B-].[B].[B]C[CH2-].[K+]. The molecular formula is C23H23B3K-2. The molecule has 0 aromatic heterocycles. The maximum atomic E-state index is 4.74. The van der Waals surface area contributed by atoms with Crippen molar-refractivity contribution in [2.24, 2.45) is 0 Å². The molecule has 0 saturated heterocycles. The van der Waals surface area contributed by atoms with Crippen molar-refractivity contribution >= 4 is 57.0 Å². The molecule has 0 heterocycles. The van der Waals surface area contributed by atoms with E-state index < -0.39 is 0 Å². The largest absolute Gasteiger partial charge is 1.00 e. The minimum absolute atomic E-state index is 0. The number of hydrogen-bond acceptors (Lipinski definition) is 0. The van der Waals surface area contributed by atoms with Gasteiger partial charge in [-0.25, -0.2) is 6.32 Å². The standard InChI is InChI=1S/C19H13.C2H4B.C2H6.2B.K/c1-13-10-11-18-16-8-3-2-6-14(16)15-7-4-5-9-17(15)19(18)12-13;1-2-3;1-2;;;/h2-9,11-12H,1H3;1-2H2;1-2H3;;;/q2*-1;;;-1;+1. The van der Waals surface area contributed by atoms with Crippen molar-refractivity contribution in [2.75, 3.05) is 0 Å². The van der Waals surface area contributed by atoms with E-state index in [0.717, 1.165) is 0 Å². The van der Waals surface area contributed by atoms with E-state index in [1.54, 1.807) is 0 Å². The fourth-order valence-electron chi connectivity index (χ4n) is 2.95. The molecule has 27 heavy (non-hydrogen) atoms. The number of hydrogen-bond donors (Lipinski definition) is 0. The number of benzene rings is 4. The molecule has 4 heteroatoms. The van der Waals surface area contributed by atoms with Gasteiger partial charge >= 0.3 is 51.4 Å². The predicted octanol–water partition coefficient (Wildman–Crippen LogP) is 2.93. The predicted molar refractivity (Wildman–Crippen MR) is 121 cm³/mol. The molecule has 4 aromatic rings. The maximum Gasteiger partial charge on any atom is 1.00 e. The van der Waals surface area contributed by atoms with Crippen LogP contribution in [0.5, 0.6) is 0 Å². The maximum absolute atomic E-state index is 4.74. The number of rotatable bonds is 0. The Labute approximate surface area is 212 Å². The van der Waals surface area contributed by atoms with Gasteiger partial charge in [0.05, 0.1) is 0 Å². The zero-order valence-corrected chi connectivity index (χ0v) is 20.0. The Hall–Kier alpha value is -0.509. The fraction of sp³-hybridized carbons (Fsp3) is 0.174. The van der Waals surface area contributed by atoms with Gasteiger partial charge in [0.15, 0.2) is 0 Å². The molecule has 9 radical (unpaired) electrons. The first-order valence-corrected chi connectivity index (χ1v) is 8.47. The number of aryl methyl sites for hydroxylation is 1. The van der Waals surface area contributed by atoms with Crippen molar-refractivity contribution in [1.82, 2.24) is 0 Å². The topological polar surface area (TPSA) is 0 Å². The Balaban J connectivity index is 0. The molecule has 0 aliphatic rings. The molecule has 0 aliphatic carbocycles. The second-order valence-electron chi connectivity index (χ2n) is 5.32. The summed E-state index contributed by atoms with van der Waals surface area (Å²) >= 11 is 0. The average molecular weight is 371 g/mol. The first kappa shape index (κ1) is 28.7. The summed E-state index contributed by atoms with van der Waals surface area (Å²) in [5.41, 5.74) is 1.19. The monoisotopic (exact) mass is 371 g/mol. The summed E-state index contributed by atoms with van der Waals surface area (Å²) in [5.74, 6) is 0. The van der Waals surface area contributed by atoms with Crippen molar-refractivity contribution in [1.29, 1.82) is 0 Å². The van der Waals surface area contributed by atoms with E-state index in [0.29, 0.717) is 6.32 Å². The Morgan fingerprint density at radius 2 is 1.15 bits per heavy atom. The summed E-state index contributed by atoms with van der Waals surface area (Å²) < 4.78 is 0. The van der Waals surface area contributed by atoms with Crippen LogP contribution in [0, 0.1) is 19.9 Å². The molecule has 0 N–H and O–H groups in total. The van der Waals surface area contributed by atoms with Crippen LogP contribution in [0.4, 0.5) is 0 Å². The van der Waals surface area contributed by atoms with E-state index in [-0.39, 0.29) is 68.2 Å². The van der Waals surface area contributed by atoms with Gasteiger partial charge in [0.2, 0.25) is 0 Å². The van der Waals surface area contributed by atoms with Crippen LogP contribution in [0.25, 0.3) is 32.3 Å². The van der Waals surface area contributed by atoms with E-state index in [9.17, 15) is 0 Å². The van der Waals surface area contributed by atoms with Crippen LogP contribution in [0.15, 0.2) is 60.7 Å². The Bertz CT molecular complexity index is 917. The van der Waals surface area contributed by atoms with Crippen molar-refractivity contribution < 1.29 is 51.4 Å². The van der Waals surface area contributed by atoms with Crippen LogP contribution in [0.3, 0.4) is 0 Å². The molecule has 0 saturated carbocycles. The average Bonchev–Trinajstić information content (AvgIpc) is 2.64. The molecular weight excluding hydrogens is 348 g/mol. The van der Waals surface area contributed by atoms with Gasteiger partial charge in [-0.2, -0.15) is 23.8 Å². The van der Waals surface area contributed by atoms with Crippen molar-refractivity contribution in [3.8, 4) is 0 Å². The van der Waals surface area contributed by atoms with E-state index >= 15 is 0 Å². The van der Waals surface area contributed by atoms with E-state index in [1.807, 2.05) is 13.8 Å². The summed E-state index contributed by atoms with van der Waals surface area (Å²) in [4.78, 5) is 0. The van der Waals surface area contributed by atoms with Gasteiger partial charge in [0.1, 0.15) is 0 Å². The zero-order chi connectivity index (χ0) is 17.5. The summed E-state index contributed by atoms with van der Waals surface area (Å²) in [6.45, 7) is 9.36. The van der Waals surface area contributed by atoms with Crippen molar-refractivity contribution in [3.05, 3.63) is 79.2 Å². The molecule has 0 atom stereocenters. The van der Waals surface area contributed by atoms with Crippen LogP contribution < -0.4 is 51.4 Å². The first-order valence-electron chi connectivity index (χ1n) is 8.47. The van der Waals surface area contributed by atoms with Gasteiger partial charge in [0.25, 0.3) is 0 Å². The van der Waals surface area contributed by atoms with Crippen LogP contribution in [-0.2, 0) is 0 Å². The minimum atomic E-state index is 0. The third kappa shape index (κ3) is 6.51. The molecule has 0 nitrogen and oxygen atoms in total. The molecule has 0 unspecified atom stereocenters. The van der Waals surface area contributed by atoms with E-state index in [1.165, 1.54) is 37.9 Å². The summed E-state index contributed by atoms with van der Waals surface area (Å²) in [7, 11) is 4.74. The van der Waals surface area contributed by atoms with E-state index in [2.05, 4.69) is 80.6 Å². The molecule has 127 valence electrons. The summed E-state index contributed by atoms with van der Waals surface area (Å²) in [5, 5.41) is 7.91. The second-order valence-corrected chi connectivity index (χ2v) is 5.32. The molecule has 4 rings (SSSR count). The van der Waals surface area contributed by atoms with Crippen molar-refractivity contribution in [3.63, 3.8) is 0 Å². The Morgan fingerprint density at radius 1 is 0.815 bits per heavy atom. The van der Waals surface area contributed by atoms with Gasteiger partial charge in [-0.15, -0.1) is 10.8 Å². The van der Waals surface area contributed by atoms with Gasteiger partial charge in [-0.05, 0) is 16.2 Å². The zero-order valence-electron chi connectivity index (χ0n) is 16.9. The van der Waals surface area contributed by atoms with Crippen LogP contribution in [0.2, 0.25) is 6.32 Å². The van der Waals surface area contributed by atoms with Gasteiger partial charge < -0.3 is 15.3 Å². The summed E-state index contributed by atoms with van der Waals surface area (Å²) in [6.07, 6.45) is 0.500. The Kier molecular flexibility index (Phi) is 15.4. The minimum Gasteiger partial charge on any atom is -1.00 e. The third-order valence-electron chi connectivity index (χ3n) is 3.82. The van der Waals surface area contributed by atoms with Crippen molar-refractivity contribution in [2.45, 2.75) is 27.1 Å². The van der Waals surface area contributed by atoms with E-state index in [4.69, 9.17) is 7.85 Å². The molecule has 0 fully saturated rings. The Morgan fingerprint density at radius 3 is 1.56 bits per heavy atom. The van der Waals surface area contributed by atoms with Gasteiger partial charge in [-0.3, -0.25) is 0 Å². The van der Waals surface area contributed by atoms with Crippen LogP contribution >= 0.6 is 0 Å². The van der Waals surface area contributed by atoms with Crippen LogP contribution in [0.1, 0.15) is 19.4 Å². The quantitative estimate of drug-likeness (QED) is 0.253. The molecule has 4 aromatic carbocycles.